The molecule has 0 aliphatic heterocycles. The highest BCUT2D eigenvalue weighted by Crippen LogP contribution is 2.68. The Balaban J connectivity index is 1.44. The van der Waals surface area contributed by atoms with Gasteiger partial charge in [0, 0.05) is 6.42 Å². The summed E-state index contributed by atoms with van der Waals surface area (Å²) in [5.74, 6) is 1.08. The fourth-order valence-corrected chi connectivity index (χ4v) is 9.50. The number of nitrogens with zero attached hydrogens (tertiary/aromatic N) is 1. The minimum absolute atomic E-state index is 0.0301. The van der Waals surface area contributed by atoms with Crippen molar-refractivity contribution in [3.8, 4) is 6.07 Å². The van der Waals surface area contributed by atoms with E-state index in [1.165, 1.54) is 0 Å². The van der Waals surface area contributed by atoms with Gasteiger partial charge in [-0.2, -0.15) is 5.26 Å². The molecule has 7 nitrogen and oxygen atoms in total. The van der Waals surface area contributed by atoms with Gasteiger partial charge in [-0.25, -0.2) is 0 Å². The van der Waals surface area contributed by atoms with Crippen LogP contribution in [0.2, 0.25) is 0 Å². The molecule has 4 rings (SSSR count). The van der Waals surface area contributed by atoms with Crippen LogP contribution in [0, 0.1) is 63.6 Å². The van der Waals surface area contributed by atoms with Crippen LogP contribution in [-0.2, 0) is 19.1 Å². The molecule has 0 amide bonds. The third kappa shape index (κ3) is 5.62. The van der Waals surface area contributed by atoms with Crippen LogP contribution in [0.5, 0.6) is 0 Å². The number of aliphatic hydroxyl groups is 2. The van der Waals surface area contributed by atoms with E-state index in [1.807, 2.05) is 19.9 Å². The van der Waals surface area contributed by atoms with Gasteiger partial charge in [0.25, 0.3) is 0 Å². The van der Waals surface area contributed by atoms with Crippen molar-refractivity contribution in [2.45, 2.75) is 124 Å². The monoisotopic (exact) mass is 545 g/mol. The lowest BCUT2D eigenvalue weighted by atomic mass is 9.43. The Morgan fingerprint density at radius 1 is 1.08 bits per heavy atom. The molecule has 2 N–H and O–H groups in total. The van der Waals surface area contributed by atoms with Gasteiger partial charge in [0.2, 0.25) is 0 Å². The third-order valence-corrected chi connectivity index (χ3v) is 12.1. The average molecular weight is 546 g/mol. The lowest BCUT2D eigenvalue weighted by Gasteiger charge is -2.63. The van der Waals surface area contributed by atoms with E-state index in [9.17, 15) is 19.8 Å². The third-order valence-electron chi connectivity index (χ3n) is 12.1. The van der Waals surface area contributed by atoms with E-state index in [4.69, 9.17) is 14.7 Å². The highest BCUT2D eigenvalue weighted by molar-refractivity contribution is 5.72. The minimum atomic E-state index is -0.440. The molecule has 4 fully saturated rings. The second kappa shape index (κ2) is 12.1. The predicted octanol–water partition coefficient (Wildman–Crippen LogP) is 5.42. The van der Waals surface area contributed by atoms with E-state index in [0.717, 1.165) is 44.9 Å². The van der Waals surface area contributed by atoms with Crippen molar-refractivity contribution in [3.63, 3.8) is 0 Å². The Hall–Kier alpha value is -1.65. The Bertz CT molecular complexity index is 932. The Morgan fingerprint density at radius 3 is 2.51 bits per heavy atom. The molecule has 4 aliphatic rings. The molecule has 0 heterocycles. The molecule has 0 spiro atoms. The molecule has 0 bridgehead atoms. The number of hydrogen-bond donors (Lipinski definition) is 2. The quantitative estimate of drug-likeness (QED) is 0.294. The zero-order valence-electron chi connectivity index (χ0n) is 24.7. The second-order valence-corrected chi connectivity index (χ2v) is 13.9. The van der Waals surface area contributed by atoms with Crippen LogP contribution in [0.25, 0.3) is 0 Å². The van der Waals surface area contributed by atoms with Gasteiger partial charge in [0.1, 0.15) is 12.7 Å². The summed E-state index contributed by atoms with van der Waals surface area (Å²) in [5.41, 5.74) is -0.249. The van der Waals surface area contributed by atoms with Crippen LogP contribution in [0.4, 0.5) is 0 Å². The van der Waals surface area contributed by atoms with Crippen LogP contribution in [-0.4, -0.2) is 47.1 Å². The summed E-state index contributed by atoms with van der Waals surface area (Å²) >= 11 is 0. The molecule has 220 valence electrons. The highest BCUT2D eigenvalue weighted by Gasteiger charge is 2.65. The summed E-state index contributed by atoms with van der Waals surface area (Å²) in [7, 11) is 0. The lowest BCUT2D eigenvalue weighted by Crippen LogP contribution is -2.62. The fraction of sp³-hybridized carbons (Fsp3) is 0.906. The predicted molar refractivity (Wildman–Crippen MR) is 147 cm³/mol. The van der Waals surface area contributed by atoms with Crippen LogP contribution in [0.1, 0.15) is 105 Å². The number of ether oxygens (including phenoxy) is 2. The van der Waals surface area contributed by atoms with Crippen LogP contribution < -0.4 is 0 Å². The molecule has 0 aromatic rings. The Kier molecular flexibility index (Phi) is 9.38. The lowest BCUT2D eigenvalue weighted by molar-refractivity contribution is -0.210. The van der Waals surface area contributed by atoms with E-state index in [0.29, 0.717) is 25.2 Å². The number of rotatable bonds is 9. The first kappa shape index (κ1) is 30.3. The Labute approximate surface area is 235 Å². The minimum Gasteiger partial charge on any atom is -0.465 e. The molecular formula is C32H51NO6. The first-order valence-corrected chi connectivity index (χ1v) is 15.6. The molecule has 4 saturated carbocycles. The van der Waals surface area contributed by atoms with E-state index in [2.05, 4.69) is 20.8 Å². The Morgan fingerprint density at radius 2 is 1.82 bits per heavy atom. The van der Waals surface area contributed by atoms with Crippen molar-refractivity contribution >= 4 is 11.9 Å². The molecule has 0 aromatic carbocycles. The molecule has 4 aliphatic carbocycles. The largest absolute Gasteiger partial charge is 0.465 e. The van der Waals surface area contributed by atoms with E-state index in [-0.39, 0.29) is 77.4 Å². The van der Waals surface area contributed by atoms with Gasteiger partial charge in [0.05, 0.1) is 30.6 Å². The van der Waals surface area contributed by atoms with Crippen molar-refractivity contribution in [1.29, 1.82) is 5.26 Å². The van der Waals surface area contributed by atoms with Crippen molar-refractivity contribution in [1.82, 2.24) is 0 Å². The molecule has 0 saturated heterocycles. The van der Waals surface area contributed by atoms with Crippen LogP contribution in [0.15, 0.2) is 0 Å². The summed E-state index contributed by atoms with van der Waals surface area (Å²) < 4.78 is 11.1. The normalized spacial score (nSPS) is 42.7. The first-order valence-electron chi connectivity index (χ1n) is 15.6. The van der Waals surface area contributed by atoms with Crippen molar-refractivity contribution in [2.24, 2.45) is 52.3 Å². The topological polar surface area (TPSA) is 117 Å². The number of aliphatic hydroxyl groups excluding tert-OH is 2. The van der Waals surface area contributed by atoms with Crippen molar-refractivity contribution in [3.05, 3.63) is 0 Å². The van der Waals surface area contributed by atoms with Crippen LogP contribution >= 0.6 is 0 Å². The summed E-state index contributed by atoms with van der Waals surface area (Å²) in [6.45, 7) is 10.9. The van der Waals surface area contributed by atoms with Crippen molar-refractivity contribution in [2.75, 3.05) is 6.61 Å². The van der Waals surface area contributed by atoms with Gasteiger partial charge in [-0.05, 0) is 104 Å². The first-order chi connectivity index (χ1) is 18.5. The van der Waals surface area contributed by atoms with E-state index in [1.54, 1.807) is 0 Å². The molecule has 39 heavy (non-hydrogen) atoms. The number of carbonyl (C=O) groups is 2. The molecule has 12 unspecified atom stereocenters. The summed E-state index contributed by atoms with van der Waals surface area (Å²) in [4.78, 5) is 24.6. The average Bonchev–Trinajstić information content (AvgIpc) is 3.26. The van der Waals surface area contributed by atoms with Gasteiger partial charge in [-0.3, -0.25) is 9.59 Å². The zero-order valence-corrected chi connectivity index (χ0v) is 24.7. The molecule has 7 heteroatoms. The number of carbonyl (C=O) groups excluding carboxylic acids is 2. The number of fused-ring (bicyclic) bond motifs is 5. The number of nitriles is 1. The molecule has 0 aromatic heterocycles. The second-order valence-electron chi connectivity index (χ2n) is 13.9. The summed E-state index contributed by atoms with van der Waals surface area (Å²) in [6, 6.07) is 1.99. The van der Waals surface area contributed by atoms with Gasteiger partial charge in [0.15, 0.2) is 0 Å². The van der Waals surface area contributed by atoms with E-state index >= 15 is 0 Å². The number of hydrogen-bond acceptors (Lipinski definition) is 7. The fourth-order valence-electron chi connectivity index (χ4n) is 9.50. The zero-order chi connectivity index (χ0) is 28.5. The highest BCUT2D eigenvalue weighted by atomic mass is 16.5. The van der Waals surface area contributed by atoms with E-state index < -0.39 is 12.2 Å². The maximum absolute atomic E-state index is 12.5. The maximum Gasteiger partial charge on any atom is 0.308 e. The summed E-state index contributed by atoms with van der Waals surface area (Å²) in [5, 5.41) is 32.1. The smallest absolute Gasteiger partial charge is 0.308 e. The van der Waals surface area contributed by atoms with Gasteiger partial charge in [-0.15, -0.1) is 0 Å². The van der Waals surface area contributed by atoms with Crippen LogP contribution in [0.3, 0.4) is 0 Å². The standard InChI is InChI=1S/C32H51NO6/c1-6-19(2)30(37)39-22-12-13-31(4)21(16-22)17-26(34)29-24-10-9-23(32(24,5)27(35)18-25(29)31)20(3)8-11-28(36)38-15-7-14-33/h19-27,29,34-35H,6-13,15-18H2,1-5H3. The molecular weight excluding hydrogens is 494 g/mol. The van der Waals surface area contributed by atoms with Crippen molar-refractivity contribution < 1.29 is 29.3 Å². The molecule has 12 atom stereocenters. The number of esters is 2. The maximum atomic E-state index is 12.5. The van der Waals surface area contributed by atoms with Gasteiger partial charge >= 0.3 is 11.9 Å². The SMILES string of the molecule is CCC(C)C(=O)OC1CCC2(C)C(C1)CC(O)C1C2CC(O)C2(C)C(C(C)CCC(=O)OCCC#N)CCC12. The van der Waals surface area contributed by atoms with Gasteiger partial charge in [-0.1, -0.05) is 34.6 Å². The van der Waals surface area contributed by atoms with Gasteiger partial charge < -0.3 is 19.7 Å². The molecule has 0 radical (unpaired) electrons. The summed E-state index contributed by atoms with van der Waals surface area (Å²) in [6.07, 6.45) is 7.20.